The van der Waals surface area contributed by atoms with Crippen LogP contribution in [0.15, 0.2) is 11.2 Å². The lowest BCUT2D eigenvalue weighted by atomic mass is 10.3. The van der Waals surface area contributed by atoms with Crippen molar-refractivity contribution < 1.29 is 0 Å². The monoisotopic (exact) mass is 294 g/mol. The number of hydrogen-bond donors (Lipinski definition) is 1. The van der Waals surface area contributed by atoms with Crippen molar-refractivity contribution in [2.45, 2.75) is 57.7 Å². The van der Waals surface area contributed by atoms with E-state index >= 15 is 0 Å². The molecule has 0 spiro atoms. The molecule has 2 aromatic rings. The Balaban J connectivity index is 2.12. The average Bonchev–Trinajstić information content (AvgIpc) is 3.07. The Bertz CT molecular complexity index is 557. The van der Waals surface area contributed by atoms with Gasteiger partial charge in [-0.25, -0.2) is 0 Å². The summed E-state index contributed by atoms with van der Waals surface area (Å²) in [4.78, 5) is 0. The number of nitrogens with two attached hydrogens (primary N) is 1. The van der Waals surface area contributed by atoms with Crippen LogP contribution in [0.25, 0.3) is 0 Å². The van der Waals surface area contributed by atoms with Gasteiger partial charge in [0.2, 0.25) is 0 Å². The summed E-state index contributed by atoms with van der Waals surface area (Å²) in [7, 11) is 0. The van der Waals surface area contributed by atoms with Crippen LogP contribution in [0.3, 0.4) is 0 Å². The number of aryl methyl sites for hydroxylation is 2. The van der Waals surface area contributed by atoms with Crippen molar-refractivity contribution in [3.05, 3.63) is 23.3 Å². The largest absolute Gasteiger partial charge is 0.324 e. The first kappa shape index (κ1) is 15.1. The van der Waals surface area contributed by atoms with Crippen molar-refractivity contribution >= 4 is 11.8 Å². The van der Waals surface area contributed by atoms with E-state index in [1.165, 1.54) is 5.69 Å². The molecule has 0 amide bonds. The number of hydrogen-bond acceptors (Lipinski definition) is 5. The summed E-state index contributed by atoms with van der Waals surface area (Å²) in [5, 5.41) is 13.8. The summed E-state index contributed by atoms with van der Waals surface area (Å²) in [5.41, 5.74) is 8.04. The molecule has 6 nitrogen and oxygen atoms in total. The number of nitrogens with zero attached hydrogens (tertiary/aromatic N) is 5. The van der Waals surface area contributed by atoms with Crippen LogP contribution in [-0.2, 0) is 31.8 Å². The van der Waals surface area contributed by atoms with Crippen LogP contribution in [0.2, 0.25) is 0 Å². The van der Waals surface area contributed by atoms with E-state index in [1.807, 2.05) is 0 Å². The fraction of sp³-hybridized carbons (Fsp3) is 0.615. The highest BCUT2D eigenvalue weighted by molar-refractivity contribution is 7.98. The molecule has 0 aliphatic carbocycles. The lowest BCUT2D eigenvalue weighted by Crippen LogP contribution is -2.08. The first-order valence-electron chi connectivity index (χ1n) is 7.03. The summed E-state index contributed by atoms with van der Waals surface area (Å²) in [5.74, 6) is 1.69. The minimum atomic E-state index is 0.425. The minimum absolute atomic E-state index is 0.425. The molecule has 2 aromatic heterocycles. The third kappa shape index (κ3) is 3.04. The van der Waals surface area contributed by atoms with E-state index in [1.54, 1.807) is 11.8 Å². The van der Waals surface area contributed by atoms with Crippen molar-refractivity contribution in [1.29, 1.82) is 0 Å². The fourth-order valence-electron chi connectivity index (χ4n) is 2.11. The second-order valence-electron chi connectivity index (χ2n) is 4.43. The Kier molecular flexibility index (Phi) is 5.19. The molecule has 0 aromatic carbocycles. The maximum atomic E-state index is 5.67. The average molecular weight is 294 g/mol. The van der Waals surface area contributed by atoms with Crippen molar-refractivity contribution in [3.63, 3.8) is 0 Å². The fourth-order valence-corrected chi connectivity index (χ4v) is 3.11. The molecular formula is C13H22N6S. The summed E-state index contributed by atoms with van der Waals surface area (Å²) >= 11 is 1.69. The van der Waals surface area contributed by atoms with Gasteiger partial charge < -0.3 is 10.3 Å². The molecule has 110 valence electrons. The van der Waals surface area contributed by atoms with Crippen molar-refractivity contribution in [2.24, 2.45) is 5.73 Å². The molecule has 0 bridgehead atoms. The van der Waals surface area contributed by atoms with Gasteiger partial charge in [-0.05, 0) is 26.3 Å². The summed E-state index contributed by atoms with van der Waals surface area (Å²) in [6.07, 6.45) is 0.965. The van der Waals surface area contributed by atoms with E-state index in [4.69, 9.17) is 5.73 Å². The third-order valence-electron chi connectivity index (χ3n) is 3.22. The van der Waals surface area contributed by atoms with E-state index in [0.717, 1.165) is 41.9 Å². The van der Waals surface area contributed by atoms with Gasteiger partial charge in [0.15, 0.2) is 5.16 Å². The van der Waals surface area contributed by atoms with Gasteiger partial charge in [0.05, 0.1) is 12.2 Å². The Morgan fingerprint density at radius 2 is 2.00 bits per heavy atom. The minimum Gasteiger partial charge on any atom is -0.324 e. The van der Waals surface area contributed by atoms with E-state index < -0.39 is 0 Å². The van der Waals surface area contributed by atoms with Crippen LogP contribution in [-0.4, -0.2) is 24.5 Å². The quantitative estimate of drug-likeness (QED) is 0.789. The predicted molar refractivity (Wildman–Crippen MR) is 80.4 cm³/mol. The summed E-state index contributed by atoms with van der Waals surface area (Å²) in [6.45, 7) is 8.48. The van der Waals surface area contributed by atoms with Crippen molar-refractivity contribution in [2.75, 3.05) is 0 Å². The molecule has 0 radical (unpaired) electrons. The Hall–Kier alpha value is -1.34. The molecule has 20 heavy (non-hydrogen) atoms. The summed E-state index contributed by atoms with van der Waals surface area (Å²) in [6, 6.07) is 2.17. The Labute approximate surface area is 123 Å². The van der Waals surface area contributed by atoms with Gasteiger partial charge >= 0.3 is 0 Å². The second-order valence-corrected chi connectivity index (χ2v) is 5.37. The molecule has 0 aliphatic heterocycles. The lowest BCUT2D eigenvalue weighted by molar-refractivity contribution is 0.625. The first-order chi connectivity index (χ1) is 9.73. The molecular weight excluding hydrogens is 272 g/mol. The predicted octanol–water partition coefficient (Wildman–Crippen LogP) is 1.83. The van der Waals surface area contributed by atoms with E-state index in [2.05, 4.69) is 51.4 Å². The molecule has 2 heterocycles. The van der Waals surface area contributed by atoms with Crippen molar-refractivity contribution in [3.8, 4) is 0 Å². The zero-order chi connectivity index (χ0) is 14.5. The standard InChI is InChI=1S/C13H22N6S/c1-4-10-7-11(19(6-3)17-10)9-20-13-16-15-12(8-14)18(13)5-2/h7H,4-6,8-9,14H2,1-3H3. The number of rotatable bonds is 7. The van der Waals surface area contributed by atoms with Gasteiger partial charge in [-0.3, -0.25) is 4.68 Å². The van der Waals surface area contributed by atoms with Crippen LogP contribution >= 0.6 is 11.8 Å². The second kappa shape index (κ2) is 6.90. The molecule has 0 saturated heterocycles. The first-order valence-corrected chi connectivity index (χ1v) is 8.02. The van der Waals surface area contributed by atoms with E-state index in [9.17, 15) is 0 Å². The van der Waals surface area contributed by atoms with Gasteiger partial charge in [0, 0.05) is 24.5 Å². The lowest BCUT2D eigenvalue weighted by Gasteiger charge is -2.06. The van der Waals surface area contributed by atoms with Gasteiger partial charge in [-0.15, -0.1) is 10.2 Å². The van der Waals surface area contributed by atoms with Crippen LogP contribution in [0, 0.1) is 0 Å². The van der Waals surface area contributed by atoms with Crippen molar-refractivity contribution in [1.82, 2.24) is 24.5 Å². The highest BCUT2D eigenvalue weighted by Crippen LogP contribution is 2.22. The van der Waals surface area contributed by atoms with Gasteiger partial charge in [0.25, 0.3) is 0 Å². The van der Waals surface area contributed by atoms with Gasteiger partial charge in [-0.1, -0.05) is 18.7 Å². The molecule has 0 aliphatic rings. The third-order valence-corrected chi connectivity index (χ3v) is 4.22. The normalized spacial score (nSPS) is 11.2. The molecule has 0 unspecified atom stereocenters. The van der Waals surface area contributed by atoms with Crippen LogP contribution in [0.5, 0.6) is 0 Å². The number of thioether (sulfide) groups is 1. The molecule has 0 fully saturated rings. The SMILES string of the molecule is CCc1cc(CSc2nnc(CN)n2CC)n(CC)n1. The highest BCUT2D eigenvalue weighted by atomic mass is 32.2. The molecule has 2 N–H and O–H groups in total. The topological polar surface area (TPSA) is 74.5 Å². The Morgan fingerprint density at radius 3 is 2.60 bits per heavy atom. The zero-order valence-corrected chi connectivity index (χ0v) is 13.2. The molecule has 0 atom stereocenters. The smallest absolute Gasteiger partial charge is 0.191 e. The molecule has 7 heteroatoms. The maximum absolute atomic E-state index is 5.67. The highest BCUT2D eigenvalue weighted by Gasteiger charge is 2.12. The van der Waals surface area contributed by atoms with Crippen LogP contribution in [0.1, 0.15) is 38.0 Å². The zero-order valence-electron chi connectivity index (χ0n) is 12.3. The molecule has 2 rings (SSSR count). The van der Waals surface area contributed by atoms with E-state index in [-0.39, 0.29) is 0 Å². The maximum Gasteiger partial charge on any atom is 0.191 e. The van der Waals surface area contributed by atoms with Crippen LogP contribution in [0.4, 0.5) is 0 Å². The molecule has 0 saturated carbocycles. The number of aromatic nitrogens is 5. The van der Waals surface area contributed by atoms with E-state index in [0.29, 0.717) is 6.54 Å². The summed E-state index contributed by atoms with van der Waals surface area (Å²) < 4.78 is 4.13. The Morgan fingerprint density at radius 1 is 1.20 bits per heavy atom. The van der Waals surface area contributed by atoms with Gasteiger partial charge in [0.1, 0.15) is 5.82 Å². The van der Waals surface area contributed by atoms with Gasteiger partial charge in [-0.2, -0.15) is 5.10 Å². The van der Waals surface area contributed by atoms with Crippen LogP contribution < -0.4 is 5.73 Å².